The van der Waals surface area contributed by atoms with Gasteiger partial charge in [-0.25, -0.2) is 14.3 Å². The second kappa shape index (κ2) is 13.2. The van der Waals surface area contributed by atoms with Crippen LogP contribution in [-0.2, 0) is 27.4 Å². The van der Waals surface area contributed by atoms with E-state index in [2.05, 4.69) is 10.4 Å². The number of aryl methyl sites for hydroxylation is 1. The topological polar surface area (TPSA) is 114 Å². The Bertz CT molecular complexity index is 811. The van der Waals surface area contributed by atoms with Crippen LogP contribution in [0.2, 0.25) is 10.2 Å². The number of hydrogen-bond acceptors (Lipinski definition) is 5. The monoisotopic (exact) mass is 459 g/mol. The van der Waals surface area contributed by atoms with E-state index in [-0.39, 0.29) is 6.10 Å². The molecule has 1 heterocycles. The molecule has 166 valence electrons. The minimum absolute atomic E-state index is 0.285. The summed E-state index contributed by atoms with van der Waals surface area (Å²) in [7, 11) is 0. The number of aliphatic carboxylic acids is 2. The highest BCUT2D eigenvalue weighted by atomic mass is 35.5. The van der Waals surface area contributed by atoms with Gasteiger partial charge in [0.15, 0.2) is 0 Å². The zero-order chi connectivity index (χ0) is 22.7. The van der Waals surface area contributed by atoms with E-state index >= 15 is 0 Å². The summed E-state index contributed by atoms with van der Waals surface area (Å²) in [6, 6.07) is 7.73. The molecule has 2 rings (SSSR count). The van der Waals surface area contributed by atoms with Crippen molar-refractivity contribution in [2.45, 2.75) is 46.4 Å². The third-order valence-electron chi connectivity index (χ3n) is 3.86. The number of hydrogen-bond donors (Lipinski definition) is 3. The number of nitrogens with one attached hydrogen (secondary N) is 1. The SMILES string of the molecule is Cc1nn(Cc2ccc(Cl)cc2)c(Cl)c1CNCCCOC(C)C.O=C(O)C(=O)O. The molecule has 10 heteroatoms. The van der Waals surface area contributed by atoms with Gasteiger partial charge in [0.25, 0.3) is 0 Å². The number of aromatic nitrogens is 2. The molecule has 0 saturated heterocycles. The van der Waals surface area contributed by atoms with Gasteiger partial charge in [-0.1, -0.05) is 35.3 Å². The number of benzene rings is 1. The van der Waals surface area contributed by atoms with Gasteiger partial charge in [-0.15, -0.1) is 0 Å². The highest BCUT2D eigenvalue weighted by molar-refractivity contribution is 6.30. The van der Waals surface area contributed by atoms with E-state index in [0.29, 0.717) is 18.2 Å². The standard InChI is InChI=1S/C18H25Cl2N3O.C2H2O4/c1-13(2)24-10-4-9-21-11-17-14(3)22-23(18(17)20)12-15-5-7-16(19)8-6-15;3-1(4)2(5)6/h5-8,13,21H,4,9-12H2,1-3H3;(H,3,4)(H,5,6). The van der Waals surface area contributed by atoms with Gasteiger partial charge >= 0.3 is 11.9 Å². The van der Waals surface area contributed by atoms with Crippen LogP contribution in [0, 0.1) is 6.92 Å². The van der Waals surface area contributed by atoms with Crippen LogP contribution in [0.1, 0.15) is 37.1 Å². The first-order valence-corrected chi connectivity index (χ1v) is 10.1. The lowest BCUT2D eigenvalue weighted by atomic mass is 10.2. The van der Waals surface area contributed by atoms with Crippen molar-refractivity contribution in [1.82, 2.24) is 15.1 Å². The average molecular weight is 460 g/mol. The van der Waals surface area contributed by atoms with E-state index < -0.39 is 11.9 Å². The van der Waals surface area contributed by atoms with Crippen LogP contribution in [0.25, 0.3) is 0 Å². The fraction of sp³-hybridized carbons (Fsp3) is 0.450. The number of carboxylic acids is 2. The lowest BCUT2D eigenvalue weighted by molar-refractivity contribution is -0.159. The fourth-order valence-corrected chi connectivity index (χ4v) is 2.82. The summed E-state index contributed by atoms with van der Waals surface area (Å²) >= 11 is 12.4. The summed E-state index contributed by atoms with van der Waals surface area (Å²) in [6.07, 6.45) is 1.26. The second-order valence-electron chi connectivity index (χ2n) is 6.70. The Kier molecular flexibility index (Phi) is 11.4. The van der Waals surface area contributed by atoms with Crippen molar-refractivity contribution in [2.24, 2.45) is 0 Å². The molecule has 0 amide bonds. The quantitative estimate of drug-likeness (QED) is 0.387. The molecule has 1 aromatic heterocycles. The number of carbonyl (C=O) groups is 2. The summed E-state index contributed by atoms with van der Waals surface area (Å²) in [5.41, 5.74) is 3.13. The van der Waals surface area contributed by atoms with E-state index in [0.717, 1.165) is 41.4 Å². The molecule has 0 bridgehead atoms. The predicted molar refractivity (Wildman–Crippen MR) is 115 cm³/mol. The van der Waals surface area contributed by atoms with Crippen molar-refractivity contribution in [3.05, 3.63) is 51.3 Å². The number of rotatable bonds is 9. The molecule has 8 nitrogen and oxygen atoms in total. The molecule has 0 radical (unpaired) electrons. The van der Waals surface area contributed by atoms with Crippen molar-refractivity contribution in [1.29, 1.82) is 0 Å². The fourth-order valence-electron chi connectivity index (χ4n) is 2.39. The Morgan fingerprint density at radius 3 is 2.30 bits per heavy atom. The van der Waals surface area contributed by atoms with Crippen LogP contribution in [-0.4, -0.2) is 51.2 Å². The van der Waals surface area contributed by atoms with E-state index in [1.54, 1.807) is 0 Å². The highest BCUT2D eigenvalue weighted by Gasteiger charge is 2.13. The number of halogens is 2. The van der Waals surface area contributed by atoms with Gasteiger partial charge in [-0.3, -0.25) is 0 Å². The normalized spacial score (nSPS) is 10.6. The zero-order valence-electron chi connectivity index (χ0n) is 17.2. The zero-order valence-corrected chi connectivity index (χ0v) is 18.7. The molecule has 0 spiro atoms. The second-order valence-corrected chi connectivity index (χ2v) is 7.49. The Labute approximate surface area is 185 Å². The summed E-state index contributed by atoms with van der Waals surface area (Å²) < 4.78 is 7.36. The first kappa shape index (κ1) is 25.9. The maximum atomic E-state index is 9.10. The van der Waals surface area contributed by atoms with Gasteiger partial charge < -0.3 is 20.3 Å². The molecule has 0 aliphatic heterocycles. The highest BCUT2D eigenvalue weighted by Crippen LogP contribution is 2.21. The Hall–Kier alpha value is -2.13. The van der Waals surface area contributed by atoms with Crippen molar-refractivity contribution in [3.63, 3.8) is 0 Å². The molecule has 0 aliphatic rings. The lowest BCUT2D eigenvalue weighted by Gasteiger charge is -2.08. The lowest BCUT2D eigenvalue weighted by Crippen LogP contribution is -2.17. The first-order valence-electron chi connectivity index (χ1n) is 9.36. The predicted octanol–water partition coefficient (Wildman–Crippen LogP) is 3.61. The van der Waals surface area contributed by atoms with Gasteiger partial charge in [0.1, 0.15) is 5.15 Å². The van der Waals surface area contributed by atoms with Gasteiger partial charge in [0.05, 0.1) is 18.3 Å². The molecule has 0 unspecified atom stereocenters. The summed E-state index contributed by atoms with van der Waals surface area (Å²) in [6.45, 7) is 9.10. The molecule has 1 aromatic carbocycles. The summed E-state index contributed by atoms with van der Waals surface area (Å²) in [5, 5.41) is 24.2. The number of ether oxygens (including phenoxy) is 1. The molecule has 30 heavy (non-hydrogen) atoms. The van der Waals surface area contributed by atoms with Crippen LogP contribution < -0.4 is 5.32 Å². The summed E-state index contributed by atoms with van der Waals surface area (Å²) in [5.74, 6) is -3.65. The number of nitrogens with zero attached hydrogens (tertiary/aromatic N) is 2. The van der Waals surface area contributed by atoms with E-state index in [1.807, 2.05) is 49.7 Å². The Morgan fingerprint density at radius 2 is 1.77 bits per heavy atom. The van der Waals surface area contributed by atoms with E-state index in [4.69, 9.17) is 47.7 Å². The van der Waals surface area contributed by atoms with Crippen molar-refractivity contribution < 1.29 is 24.5 Å². The van der Waals surface area contributed by atoms with Crippen LogP contribution in [0.5, 0.6) is 0 Å². The first-order chi connectivity index (χ1) is 14.1. The van der Waals surface area contributed by atoms with E-state index in [9.17, 15) is 0 Å². The molecule has 0 atom stereocenters. The molecule has 0 saturated carbocycles. The van der Waals surface area contributed by atoms with Gasteiger partial charge in [0, 0.05) is 23.7 Å². The van der Waals surface area contributed by atoms with Crippen LogP contribution in [0.3, 0.4) is 0 Å². The summed E-state index contributed by atoms with van der Waals surface area (Å²) in [4.78, 5) is 18.2. The molecule has 3 N–H and O–H groups in total. The van der Waals surface area contributed by atoms with Crippen molar-refractivity contribution in [2.75, 3.05) is 13.2 Å². The molecular formula is C20H27Cl2N3O5. The maximum absolute atomic E-state index is 9.10. The molecular weight excluding hydrogens is 433 g/mol. The van der Waals surface area contributed by atoms with Gasteiger partial charge in [-0.2, -0.15) is 5.10 Å². The van der Waals surface area contributed by atoms with Crippen LogP contribution in [0.15, 0.2) is 24.3 Å². The molecule has 0 aliphatic carbocycles. The van der Waals surface area contributed by atoms with Gasteiger partial charge in [0.2, 0.25) is 0 Å². The van der Waals surface area contributed by atoms with E-state index in [1.165, 1.54) is 0 Å². The third-order valence-corrected chi connectivity index (χ3v) is 4.54. The van der Waals surface area contributed by atoms with Crippen molar-refractivity contribution >= 4 is 35.1 Å². The minimum Gasteiger partial charge on any atom is -0.473 e. The third kappa shape index (κ3) is 9.58. The van der Waals surface area contributed by atoms with Gasteiger partial charge in [-0.05, 0) is 51.4 Å². The smallest absolute Gasteiger partial charge is 0.414 e. The van der Waals surface area contributed by atoms with Crippen LogP contribution >= 0.6 is 23.2 Å². The Balaban J connectivity index is 0.000000656. The Morgan fingerprint density at radius 1 is 1.17 bits per heavy atom. The van der Waals surface area contributed by atoms with Crippen molar-refractivity contribution in [3.8, 4) is 0 Å². The minimum atomic E-state index is -1.82. The molecule has 2 aromatic rings. The average Bonchev–Trinajstić information content (AvgIpc) is 2.93. The van der Waals surface area contributed by atoms with Crippen LogP contribution in [0.4, 0.5) is 0 Å². The largest absolute Gasteiger partial charge is 0.473 e. The maximum Gasteiger partial charge on any atom is 0.414 e. The number of carboxylic acid groups (broad SMARTS) is 2. The molecule has 0 fully saturated rings.